The van der Waals surface area contributed by atoms with Crippen molar-refractivity contribution in [3.05, 3.63) is 65.0 Å². The summed E-state index contributed by atoms with van der Waals surface area (Å²) < 4.78 is 19.1. The van der Waals surface area contributed by atoms with Crippen molar-refractivity contribution in [2.75, 3.05) is 32.7 Å². The molecule has 3 rings (SSSR count). The maximum atomic E-state index is 13.1. The second-order valence-electron chi connectivity index (χ2n) is 8.86. The fraction of sp³-hybridized carbons (Fsp3) is 0.519. The Morgan fingerprint density at radius 3 is 2.41 bits per heavy atom. The zero-order valence-corrected chi connectivity index (χ0v) is 19.7. The smallest absolute Gasteiger partial charge is 0.149 e. The standard InChI is InChI=1S/C27H36FN3O/c1-4-6-23(24-8-9-25(20-29)21(2)19-24)7-5-14-30-15-17-31(18-16-30)22(3)32-27-12-10-26(28)11-13-27/h8-13,19,22-23H,4-7,14-18H2,1-3H3. The van der Waals surface area contributed by atoms with Crippen molar-refractivity contribution < 1.29 is 9.13 Å². The van der Waals surface area contributed by atoms with Crippen LogP contribution in [0.3, 0.4) is 0 Å². The summed E-state index contributed by atoms with van der Waals surface area (Å²) in [7, 11) is 0. The molecule has 0 aliphatic carbocycles. The molecular formula is C27H36FN3O. The van der Waals surface area contributed by atoms with Gasteiger partial charge in [-0.05, 0) is 87.0 Å². The highest BCUT2D eigenvalue weighted by atomic mass is 19.1. The second-order valence-corrected chi connectivity index (χ2v) is 8.86. The van der Waals surface area contributed by atoms with Gasteiger partial charge in [-0.2, -0.15) is 5.26 Å². The average Bonchev–Trinajstić information content (AvgIpc) is 2.80. The Hall–Kier alpha value is -2.42. The normalized spacial score (nSPS) is 17.0. The van der Waals surface area contributed by atoms with Crippen molar-refractivity contribution in [1.29, 1.82) is 5.26 Å². The Morgan fingerprint density at radius 2 is 1.78 bits per heavy atom. The average molecular weight is 438 g/mol. The first-order valence-corrected chi connectivity index (χ1v) is 11.9. The maximum absolute atomic E-state index is 13.1. The largest absolute Gasteiger partial charge is 0.475 e. The lowest BCUT2D eigenvalue weighted by atomic mass is 9.88. The molecule has 2 aromatic carbocycles. The number of aryl methyl sites for hydroxylation is 1. The first-order chi connectivity index (χ1) is 15.5. The summed E-state index contributed by atoms with van der Waals surface area (Å²) in [5.74, 6) is 1.03. The molecule has 1 saturated heterocycles. The molecule has 0 saturated carbocycles. The number of benzene rings is 2. The first-order valence-electron chi connectivity index (χ1n) is 11.9. The van der Waals surface area contributed by atoms with Gasteiger partial charge in [0.25, 0.3) is 0 Å². The Balaban J connectivity index is 1.43. The van der Waals surface area contributed by atoms with Crippen LogP contribution in [0.4, 0.5) is 4.39 Å². The molecule has 2 aromatic rings. The summed E-state index contributed by atoms with van der Waals surface area (Å²) in [5.41, 5.74) is 3.23. The molecule has 1 aliphatic heterocycles. The topological polar surface area (TPSA) is 39.5 Å². The molecule has 2 unspecified atom stereocenters. The Labute approximate surface area is 192 Å². The van der Waals surface area contributed by atoms with Crippen LogP contribution in [0.25, 0.3) is 0 Å². The van der Waals surface area contributed by atoms with E-state index in [9.17, 15) is 9.65 Å². The van der Waals surface area contributed by atoms with Crippen LogP contribution < -0.4 is 4.74 Å². The van der Waals surface area contributed by atoms with Crippen LogP contribution in [0.1, 0.15) is 62.1 Å². The second kappa shape index (κ2) is 12.0. The van der Waals surface area contributed by atoms with Gasteiger partial charge < -0.3 is 9.64 Å². The van der Waals surface area contributed by atoms with Crippen LogP contribution in [0.15, 0.2) is 42.5 Å². The Morgan fingerprint density at radius 1 is 1.06 bits per heavy atom. The summed E-state index contributed by atoms with van der Waals surface area (Å²) in [5, 5.41) is 9.19. The summed E-state index contributed by atoms with van der Waals surface area (Å²) >= 11 is 0. The number of halogens is 1. The van der Waals surface area contributed by atoms with Gasteiger partial charge >= 0.3 is 0 Å². The Bertz CT molecular complexity index is 885. The molecule has 1 heterocycles. The molecule has 2 atom stereocenters. The van der Waals surface area contributed by atoms with Gasteiger partial charge in [-0.1, -0.05) is 25.5 Å². The molecule has 1 aliphatic rings. The third kappa shape index (κ3) is 6.79. The highest BCUT2D eigenvalue weighted by Gasteiger charge is 2.22. The third-order valence-corrected chi connectivity index (χ3v) is 6.55. The van der Waals surface area contributed by atoms with Gasteiger partial charge in [0.1, 0.15) is 17.8 Å². The molecule has 5 heteroatoms. The van der Waals surface area contributed by atoms with E-state index in [1.807, 2.05) is 13.0 Å². The SMILES string of the molecule is CCCC(CCCN1CCN(C(C)Oc2ccc(F)cc2)CC1)c1ccc(C#N)c(C)c1. The van der Waals surface area contributed by atoms with E-state index in [1.165, 1.54) is 43.4 Å². The van der Waals surface area contributed by atoms with Gasteiger partial charge in [0.15, 0.2) is 0 Å². The monoisotopic (exact) mass is 437 g/mol. The van der Waals surface area contributed by atoms with Crippen molar-refractivity contribution >= 4 is 0 Å². The minimum atomic E-state index is -0.242. The lowest BCUT2D eigenvalue weighted by molar-refractivity contribution is 0.00337. The number of hydrogen-bond acceptors (Lipinski definition) is 4. The van der Waals surface area contributed by atoms with Crippen LogP contribution in [-0.4, -0.2) is 48.8 Å². The van der Waals surface area contributed by atoms with Gasteiger partial charge in [-0.3, -0.25) is 4.90 Å². The fourth-order valence-corrected chi connectivity index (χ4v) is 4.59. The number of nitrogens with zero attached hydrogens (tertiary/aromatic N) is 3. The highest BCUT2D eigenvalue weighted by molar-refractivity contribution is 5.40. The minimum Gasteiger partial charge on any atom is -0.475 e. The van der Waals surface area contributed by atoms with Crippen LogP contribution in [0.5, 0.6) is 5.75 Å². The first kappa shape index (κ1) is 24.2. The van der Waals surface area contributed by atoms with E-state index in [4.69, 9.17) is 4.74 Å². The fourth-order valence-electron chi connectivity index (χ4n) is 4.59. The molecule has 0 spiro atoms. The van der Waals surface area contributed by atoms with E-state index in [0.717, 1.165) is 43.9 Å². The van der Waals surface area contributed by atoms with Crippen LogP contribution in [0, 0.1) is 24.1 Å². The predicted molar refractivity (Wildman–Crippen MR) is 127 cm³/mol. The molecule has 0 N–H and O–H groups in total. The van der Waals surface area contributed by atoms with E-state index in [0.29, 0.717) is 11.7 Å². The van der Waals surface area contributed by atoms with Crippen molar-refractivity contribution in [3.8, 4) is 11.8 Å². The van der Waals surface area contributed by atoms with Gasteiger partial charge in [0.2, 0.25) is 0 Å². The van der Waals surface area contributed by atoms with Gasteiger partial charge in [0.05, 0.1) is 11.6 Å². The quantitative estimate of drug-likeness (QED) is 0.477. The van der Waals surface area contributed by atoms with E-state index in [1.54, 1.807) is 12.1 Å². The van der Waals surface area contributed by atoms with E-state index >= 15 is 0 Å². The zero-order valence-electron chi connectivity index (χ0n) is 19.7. The van der Waals surface area contributed by atoms with Gasteiger partial charge in [-0.25, -0.2) is 4.39 Å². The Kier molecular flexibility index (Phi) is 9.08. The number of piperazine rings is 1. The molecule has 32 heavy (non-hydrogen) atoms. The number of ether oxygens (including phenoxy) is 1. The molecule has 172 valence electrons. The molecule has 4 nitrogen and oxygen atoms in total. The highest BCUT2D eigenvalue weighted by Crippen LogP contribution is 2.28. The van der Waals surface area contributed by atoms with Crippen LogP contribution >= 0.6 is 0 Å². The van der Waals surface area contributed by atoms with E-state index in [-0.39, 0.29) is 12.0 Å². The molecule has 0 radical (unpaired) electrons. The molecule has 1 fully saturated rings. The molecule has 0 bridgehead atoms. The number of nitriles is 1. The van der Waals surface area contributed by atoms with Gasteiger partial charge in [0, 0.05) is 26.2 Å². The summed E-state index contributed by atoms with van der Waals surface area (Å²) in [6.45, 7) is 11.5. The van der Waals surface area contributed by atoms with E-state index < -0.39 is 0 Å². The maximum Gasteiger partial charge on any atom is 0.149 e. The third-order valence-electron chi connectivity index (χ3n) is 6.55. The van der Waals surface area contributed by atoms with Crippen molar-refractivity contribution in [3.63, 3.8) is 0 Å². The minimum absolute atomic E-state index is 0.0174. The lowest BCUT2D eigenvalue weighted by Gasteiger charge is -2.38. The summed E-state index contributed by atoms with van der Waals surface area (Å²) in [4.78, 5) is 4.90. The predicted octanol–water partition coefficient (Wildman–Crippen LogP) is 5.71. The van der Waals surface area contributed by atoms with Crippen molar-refractivity contribution in [2.24, 2.45) is 0 Å². The zero-order chi connectivity index (χ0) is 22.9. The number of rotatable bonds is 10. The van der Waals surface area contributed by atoms with Crippen LogP contribution in [-0.2, 0) is 0 Å². The van der Waals surface area contributed by atoms with Crippen LogP contribution in [0.2, 0.25) is 0 Å². The summed E-state index contributed by atoms with van der Waals surface area (Å²) in [6.07, 6.45) is 4.72. The molecule has 0 amide bonds. The molecule has 0 aromatic heterocycles. The summed E-state index contributed by atoms with van der Waals surface area (Å²) in [6, 6.07) is 14.8. The lowest BCUT2D eigenvalue weighted by Crippen LogP contribution is -2.51. The van der Waals surface area contributed by atoms with Gasteiger partial charge in [-0.15, -0.1) is 0 Å². The van der Waals surface area contributed by atoms with Crippen molar-refractivity contribution in [1.82, 2.24) is 9.80 Å². The van der Waals surface area contributed by atoms with E-state index in [2.05, 4.69) is 41.8 Å². The molecular weight excluding hydrogens is 401 g/mol. The number of hydrogen-bond donors (Lipinski definition) is 0. The van der Waals surface area contributed by atoms with Crippen molar-refractivity contribution in [2.45, 2.75) is 58.6 Å².